The van der Waals surface area contributed by atoms with Crippen LogP contribution in [0, 0.1) is 5.41 Å². The van der Waals surface area contributed by atoms with Crippen molar-refractivity contribution in [2.45, 2.75) is 39.4 Å². The number of pyridine rings is 1. The molecule has 0 aliphatic rings. The van der Waals surface area contributed by atoms with Crippen LogP contribution in [0.5, 0.6) is 5.75 Å². The lowest BCUT2D eigenvalue weighted by Gasteiger charge is -2.40. The summed E-state index contributed by atoms with van der Waals surface area (Å²) in [6, 6.07) is 9.97. The zero-order valence-electron chi connectivity index (χ0n) is 16.5. The van der Waals surface area contributed by atoms with Gasteiger partial charge in [0.2, 0.25) is 0 Å². The van der Waals surface area contributed by atoms with Gasteiger partial charge in [0.15, 0.2) is 0 Å². The number of alkyl halides is 2. The van der Waals surface area contributed by atoms with E-state index in [1.54, 1.807) is 36.8 Å². The van der Waals surface area contributed by atoms with E-state index in [1.807, 2.05) is 26.8 Å². The Balaban J connectivity index is 1.88. The van der Waals surface area contributed by atoms with Crippen molar-refractivity contribution in [2.75, 3.05) is 0 Å². The lowest BCUT2D eigenvalue weighted by atomic mass is 9.71. The molecule has 1 unspecified atom stereocenters. The zero-order valence-corrected chi connectivity index (χ0v) is 16.5. The molecule has 0 saturated heterocycles. The first-order valence-corrected chi connectivity index (χ1v) is 9.17. The van der Waals surface area contributed by atoms with Gasteiger partial charge in [0.1, 0.15) is 17.7 Å². The maximum atomic E-state index is 12.3. The molecule has 5 nitrogen and oxygen atoms in total. The van der Waals surface area contributed by atoms with Gasteiger partial charge in [-0.25, -0.2) is 9.97 Å². The Morgan fingerprint density at radius 3 is 2.07 bits per heavy atom. The highest BCUT2D eigenvalue weighted by Gasteiger charge is 2.43. The normalized spacial score (nSPS) is 13.9. The van der Waals surface area contributed by atoms with E-state index in [2.05, 4.69) is 19.7 Å². The van der Waals surface area contributed by atoms with Crippen molar-refractivity contribution in [2.24, 2.45) is 5.41 Å². The summed E-state index contributed by atoms with van der Waals surface area (Å²) < 4.78 is 28.9. The highest BCUT2D eigenvalue weighted by molar-refractivity contribution is 5.63. The Morgan fingerprint density at radius 2 is 1.55 bits per heavy atom. The van der Waals surface area contributed by atoms with E-state index < -0.39 is 17.6 Å². The lowest BCUT2D eigenvalue weighted by molar-refractivity contribution is -0.0676. The summed E-state index contributed by atoms with van der Waals surface area (Å²) in [7, 11) is 0. The molecule has 0 spiro atoms. The van der Waals surface area contributed by atoms with Gasteiger partial charge < -0.3 is 9.84 Å². The largest absolute Gasteiger partial charge is 0.435 e. The van der Waals surface area contributed by atoms with Crippen LogP contribution < -0.4 is 4.74 Å². The molecule has 0 aliphatic carbocycles. The summed E-state index contributed by atoms with van der Waals surface area (Å²) in [5.74, 6) is 0.0977. The molecule has 29 heavy (non-hydrogen) atoms. The molecule has 152 valence electrons. The minimum atomic E-state index is -2.85. The fraction of sp³-hybridized carbons (Fsp3) is 0.318. The number of nitrogens with zero attached hydrogens (tertiary/aromatic N) is 3. The van der Waals surface area contributed by atoms with Crippen LogP contribution in [-0.2, 0) is 12.0 Å². The number of aliphatic hydroxyl groups is 1. The van der Waals surface area contributed by atoms with Gasteiger partial charge in [-0.1, -0.05) is 39.0 Å². The monoisotopic (exact) mass is 399 g/mol. The first kappa shape index (κ1) is 20.8. The van der Waals surface area contributed by atoms with Gasteiger partial charge in [0.05, 0.1) is 5.69 Å². The predicted octanol–water partition coefficient (Wildman–Crippen LogP) is 4.62. The van der Waals surface area contributed by atoms with Crippen molar-refractivity contribution in [1.29, 1.82) is 0 Å². The Hall–Kier alpha value is -2.93. The van der Waals surface area contributed by atoms with E-state index in [0.717, 1.165) is 16.7 Å². The van der Waals surface area contributed by atoms with Crippen LogP contribution in [0.4, 0.5) is 8.78 Å². The number of aromatic nitrogens is 3. The Bertz CT molecular complexity index is 927. The second-order valence-corrected chi connectivity index (χ2v) is 7.87. The van der Waals surface area contributed by atoms with Gasteiger partial charge in [-0.05, 0) is 34.7 Å². The van der Waals surface area contributed by atoms with Crippen molar-refractivity contribution < 1.29 is 18.6 Å². The van der Waals surface area contributed by atoms with Crippen LogP contribution in [0.2, 0.25) is 0 Å². The van der Waals surface area contributed by atoms with E-state index in [-0.39, 0.29) is 5.75 Å². The molecule has 0 saturated carbocycles. The summed E-state index contributed by atoms with van der Waals surface area (Å²) in [5.41, 5.74) is 1.23. The van der Waals surface area contributed by atoms with E-state index in [4.69, 9.17) is 0 Å². The molecule has 2 heterocycles. The van der Waals surface area contributed by atoms with Crippen molar-refractivity contribution >= 4 is 0 Å². The van der Waals surface area contributed by atoms with Crippen LogP contribution in [0.15, 0.2) is 61.3 Å². The highest BCUT2D eigenvalue weighted by Crippen LogP contribution is 2.41. The average Bonchev–Trinajstić information content (AvgIpc) is 2.68. The number of halogens is 2. The molecule has 3 rings (SSSR count). The fourth-order valence-electron chi connectivity index (χ4n) is 3.09. The van der Waals surface area contributed by atoms with Gasteiger partial charge in [-0.3, -0.25) is 4.98 Å². The standard InChI is InChI=1S/C22H23F2N3O2/c1-21(2,3)22(28,10-15-11-25-14-26-12-15)19-9-6-17(13-27-19)16-4-7-18(8-5-16)29-20(23)24/h4-9,11-14,20,28H,10H2,1-3H3. The van der Waals surface area contributed by atoms with Crippen LogP contribution in [-0.4, -0.2) is 26.7 Å². The quantitative estimate of drug-likeness (QED) is 0.655. The number of ether oxygens (including phenoxy) is 1. The molecule has 1 N–H and O–H groups in total. The fourth-order valence-corrected chi connectivity index (χ4v) is 3.09. The Morgan fingerprint density at radius 1 is 0.931 bits per heavy atom. The molecular weight excluding hydrogens is 376 g/mol. The van der Waals surface area contributed by atoms with Crippen molar-refractivity contribution in [3.05, 3.63) is 72.6 Å². The molecule has 1 atom stereocenters. The van der Waals surface area contributed by atoms with E-state index >= 15 is 0 Å². The van der Waals surface area contributed by atoms with Crippen LogP contribution in [0.3, 0.4) is 0 Å². The maximum absolute atomic E-state index is 12.3. The third-order valence-electron chi connectivity index (χ3n) is 4.91. The summed E-state index contributed by atoms with van der Waals surface area (Å²) in [6.07, 6.45) is 6.80. The number of hydrogen-bond acceptors (Lipinski definition) is 5. The second-order valence-electron chi connectivity index (χ2n) is 7.87. The van der Waals surface area contributed by atoms with Crippen LogP contribution in [0.25, 0.3) is 11.1 Å². The number of hydrogen-bond donors (Lipinski definition) is 1. The molecule has 2 aromatic heterocycles. The molecule has 1 aromatic carbocycles. The molecule has 0 aliphatic heterocycles. The minimum absolute atomic E-state index is 0.0977. The third-order valence-corrected chi connectivity index (χ3v) is 4.91. The Labute approximate surface area is 168 Å². The van der Waals surface area contributed by atoms with Crippen molar-refractivity contribution in [3.8, 4) is 16.9 Å². The number of benzene rings is 1. The Kier molecular flexibility index (Phi) is 5.88. The lowest BCUT2D eigenvalue weighted by Crippen LogP contribution is -2.42. The smallest absolute Gasteiger partial charge is 0.387 e. The summed E-state index contributed by atoms with van der Waals surface area (Å²) in [4.78, 5) is 12.6. The minimum Gasteiger partial charge on any atom is -0.435 e. The van der Waals surface area contributed by atoms with Gasteiger partial charge in [-0.2, -0.15) is 8.78 Å². The van der Waals surface area contributed by atoms with E-state index in [0.29, 0.717) is 12.1 Å². The molecule has 0 amide bonds. The number of rotatable bonds is 6. The molecule has 0 radical (unpaired) electrons. The molecule has 3 aromatic rings. The summed E-state index contributed by atoms with van der Waals surface area (Å²) >= 11 is 0. The van der Waals surface area contributed by atoms with Crippen LogP contribution >= 0.6 is 0 Å². The first-order valence-electron chi connectivity index (χ1n) is 9.17. The van der Waals surface area contributed by atoms with Gasteiger partial charge in [0.25, 0.3) is 0 Å². The highest BCUT2D eigenvalue weighted by atomic mass is 19.3. The van der Waals surface area contributed by atoms with E-state index in [1.165, 1.54) is 18.5 Å². The first-order chi connectivity index (χ1) is 13.7. The topological polar surface area (TPSA) is 68.1 Å². The van der Waals surface area contributed by atoms with Gasteiger partial charge in [-0.15, -0.1) is 0 Å². The average molecular weight is 399 g/mol. The van der Waals surface area contributed by atoms with Crippen molar-refractivity contribution in [3.63, 3.8) is 0 Å². The van der Waals surface area contributed by atoms with Crippen molar-refractivity contribution in [1.82, 2.24) is 15.0 Å². The third kappa shape index (κ3) is 4.74. The van der Waals surface area contributed by atoms with Crippen LogP contribution in [0.1, 0.15) is 32.0 Å². The maximum Gasteiger partial charge on any atom is 0.387 e. The summed E-state index contributed by atoms with van der Waals surface area (Å²) in [5, 5.41) is 11.5. The molecular formula is C22H23F2N3O2. The van der Waals surface area contributed by atoms with Gasteiger partial charge in [0, 0.05) is 30.6 Å². The van der Waals surface area contributed by atoms with E-state index in [9.17, 15) is 13.9 Å². The predicted molar refractivity (Wildman–Crippen MR) is 105 cm³/mol. The summed E-state index contributed by atoms with van der Waals surface area (Å²) in [6.45, 7) is 3.00. The second kappa shape index (κ2) is 8.21. The molecule has 0 fully saturated rings. The zero-order chi connectivity index (χ0) is 21.1. The van der Waals surface area contributed by atoms with Gasteiger partial charge >= 0.3 is 6.61 Å². The molecule has 7 heteroatoms. The SMILES string of the molecule is CC(C)(C)C(O)(Cc1cncnc1)c1ccc(-c2ccc(OC(F)F)cc2)cn1. The molecule has 0 bridgehead atoms.